The van der Waals surface area contributed by atoms with E-state index in [1.54, 1.807) is 0 Å². The SMILES string of the molecule is CC1CN(C(C)(C)CNCc2ccc(Br)o2)CC(C)O1. The van der Waals surface area contributed by atoms with Crippen LogP contribution in [0.15, 0.2) is 21.2 Å². The molecule has 0 spiro atoms. The standard InChI is InChI=1S/C15H25BrN2O2/c1-11-8-18(9-12(2)19-11)15(3,4)10-17-7-13-5-6-14(16)20-13/h5-6,11-12,17H,7-10H2,1-4H3. The third kappa shape index (κ3) is 4.32. The molecule has 1 fully saturated rings. The van der Waals surface area contributed by atoms with E-state index < -0.39 is 0 Å². The molecule has 114 valence electrons. The van der Waals surface area contributed by atoms with Crippen LogP contribution in [0.5, 0.6) is 0 Å². The smallest absolute Gasteiger partial charge is 0.169 e. The molecule has 0 bridgehead atoms. The van der Waals surface area contributed by atoms with E-state index in [-0.39, 0.29) is 5.54 Å². The molecule has 0 aliphatic carbocycles. The molecule has 2 unspecified atom stereocenters. The Bertz CT molecular complexity index is 423. The summed E-state index contributed by atoms with van der Waals surface area (Å²) in [4.78, 5) is 2.51. The van der Waals surface area contributed by atoms with E-state index in [1.165, 1.54) is 0 Å². The van der Waals surface area contributed by atoms with Crippen LogP contribution < -0.4 is 5.32 Å². The largest absolute Gasteiger partial charge is 0.453 e. The van der Waals surface area contributed by atoms with Crippen molar-refractivity contribution >= 4 is 15.9 Å². The first-order chi connectivity index (χ1) is 9.37. The molecule has 1 aliphatic rings. The Morgan fingerprint density at radius 1 is 1.30 bits per heavy atom. The van der Waals surface area contributed by atoms with Gasteiger partial charge in [0.05, 0.1) is 18.8 Å². The molecule has 5 heteroatoms. The highest BCUT2D eigenvalue weighted by atomic mass is 79.9. The van der Waals surface area contributed by atoms with E-state index in [0.29, 0.717) is 12.2 Å². The van der Waals surface area contributed by atoms with Crippen LogP contribution in [-0.4, -0.2) is 42.3 Å². The number of nitrogens with one attached hydrogen (secondary N) is 1. The Morgan fingerprint density at radius 2 is 1.95 bits per heavy atom. The predicted octanol–water partition coefficient (Wildman–Crippen LogP) is 3.02. The van der Waals surface area contributed by atoms with Gasteiger partial charge in [-0.05, 0) is 55.8 Å². The van der Waals surface area contributed by atoms with Gasteiger partial charge < -0.3 is 14.5 Å². The normalized spacial score (nSPS) is 25.1. The van der Waals surface area contributed by atoms with Crippen molar-refractivity contribution in [1.82, 2.24) is 10.2 Å². The van der Waals surface area contributed by atoms with Crippen LogP contribution in [0, 0.1) is 0 Å². The molecule has 0 aromatic carbocycles. The second kappa shape index (κ2) is 6.60. The van der Waals surface area contributed by atoms with Crippen LogP contribution in [0.3, 0.4) is 0 Å². The van der Waals surface area contributed by atoms with Crippen molar-refractivity contribution in [3.8, 4) is 0 Å². The molecule has 1 saturated heterocycles. The number of morpholine rings is 1. The highest BCUT2D eigenvalue weighted by Gasteiger charge is 2.32. The Morgan fingerprint density at radius 3 is 2.50 bits per heavy atom. The fourth-order valence-electron chi connectivity index (χ4n) is 2.72. The van der Waals surface area contributed by atoms with Gasteiger partial charge in [0.25, 0.3) is 0 Å². The van der Waals surface area contributed by atoms with Gasteiger partial charge in [0.1, 0.15) is 5.76 Å². The third-order valence-corrected chi connectivity index (χ3v) is 4.19. The highest BCUT2D eigenvalue weighted by molar-refractivity contribution is 9.10. The summed E-state index contributed by atoms with van der Waals surface area (Å²) < 4.78 is 12.1. The highest BCUT2D eigenvalue weighted by Crippen LogP contribution is 2.21. The van der Waals surface area contributed by atoms with Crippen LogP contribution in [0.2, 0.25) is 0 Å². The second-order valence-corrected chi connectivity index (χ2v) is 7.07. The first-order valence-corrected chi connectivity index (χ1v) is 8.01. The molecular formula is C15H25BrN2O2. The van der Waals surface area contributed by atoms with Gasteiger partial charge in [-0.1, -0.05) is 0 Å². The molecule has 1 aromatic heterocycles. The molecule has 2 heterocycles. The Labute approximate surface area is 130 Å². The Kier molecular flexibility index (Phi) is 5.29. The van der Waals surface area contributed by atoms with Gasteiger partial charge in [-0.2, -0.15) is 0 Å². The van der Waals surface area contributed by atoms with E-state index in [4.69, 9.17) is 9.15 Å². The van der Waals surface area contributed by atoms with Gasteiger partial charge in [-0.3, -0.25) is 4.90 Å². The number of furan rings is 1. The molecule has 4 nitrogen and oxygen atoms in total. The molecule has 1 N–H and O–H groups in total. The van der Waals surface area contributed by atoms with Crippen molar-refractivity contribution < 1.29 is 9.15 Å². The van der Waals surface area contributed by atoms with Gasteiger partial charge in [-0.15, -0.1) is 0 Å². The van der Waals surface area contributed by atoms with Crippen molar-refractivity contribution in [3.63, 3.8) is 0 Å². The van der Waals surface area contributed by atoms with Crippen LogP contribution in [0.25, 0.3) is 0 Å². The van der Waals surface area contributed by atoms with Gasteiger partial charge in [0.2, 0.25) is 0 Å². The first-order valence-electron chi connectivity index (χ1n) is 7.22. The van der Waals surface area contributed by atoms with Gasteiger partial charge in [-0.25, -0.2) is 0 Å². The summed E-state index contributed by atoms with van der Waals surface area (Å²) >= 11 is 3.32. The summed E-state index contributed by atoms with van der Waals surface area (Å²) in [6, 6.07) is 3.91. The lowest BCUT2D eigenvalue weighted by molar-refractivity contribution is -0.0953. The molecule has 0 radical (unpaired) electrons. The lowest BCUT2D eigenvalue weighted by atomic mass is 10.00. The van der Waals surface area contributed by atoms with Gasteiger partial charge in [0.15, 0.2) is 4.67 Å². The summed E-state index contributed by atoms with van der Waals surface area (Å²) in [7, 11) is 0. The molecular weight excluding hydrogens is 320 g/mol. The van der Waals surface area contributed by atoms with Crippen molar-refractivity contribution in [2.45, 2.75) is 52.0 Å². The Hall–Kier alpha value is -0.360. The van der Waals surface area contributed by atoms with Crippen molar-refractivity contribution in [1.29, 1.82) is 0 Å². The summed E-state index contributed by atoms with van der Waals surface area (Å²) in [6.45, 7) is 12.5. The van der Waals surface area contributed by atoms with Crippen LogP contribution >= 0.6 is 15.9 Å². The van der Waals surface area contributed by atoms with E-state index in [0.717, 1.165) is 36.6 Å². The zero-order chi connectivity index (χ0) is 14.8. The molecule has 2 atom stereocenters. The second-order valence-electron chi connectivity index (χ2n) is 6.28. The maximum atomic E-state index is 5.81. The number of ether oxygens (including phenoxy) is 1. The minimum atomic E-state index is 0.107. The third-order valence-electron chi connectivity index (χ3n) is 3.76. The van der Waals surface area contributed by atoms with E-state index in [1.807, 2.05) is 12.1 Å². The van der Waals surface area contributed by atoms with Crippen molar-refractivity contribution in [3.05, 3.63) is 22.6 Å². The van der Waals surface area contributed by atoms with Crippen LogP contribution in [0.4, 0.5) is 0 Å². The van der Waals surface area contributed by atoms with Gasteiger partial charge >= 0.3 is 0 Å². The number of hydrogen-bond donors (Lipinski definition) is 1. The van der Waals surface area contributed by atoms with Gasteiger partial charge in [0, 0.05) is 25.2 Å². The lowest BCUT2D eigenvalue weighted by Gasteiger charge is -2.45. The first kappa shape index (κ1) is 16.0. The number of halogens is 1. The maximum Gasteiger partial charge on any atom is 0.169 e. The summed E-state index contributed by atoms with van der Waals surface area (Å²) in [5.74, 6) is 0.955. The molecule has 1 aromatic rings. The van der Waals surface area contributed by atoms with Crippen LogP contribution in [-0.2, 0) is 11.3 Å². The maximum absolute atomic E-state index is 5.81. The molecule has 0 saturated carbocycles. The van der Waals surface area contributed by atoms with E-state index in [9.17, 15) is 0 Å². The topological polar surface area (TPSA) is 37.6 Å². The fourth-order valence-corrected chi connectivity index (χ4v) is 3.06. The van der Waals surface area contributed by atoms with Crippen LogP contribution in [0.1, 0.15) is 33.5 Å². The average Bonchev–Trinajstić information content (AvgIpc) is 2.73. The van der Waals surface area contributed by atoms with E-state index >= 15 is 0 Å². The lowest BCUT2D eigenvalue weighted by Crippen LogP contribution is -2.58. The molecule has 0 amide bonds. The number of hydrogen-bond acceptors (Lipinski definition) is 4. The minimum Gasteiger partial charge on any atom is -0.453 e. The zero-order valence-electron chi connectivity index (χ0n) is 12.8. The molecule has 1 aliphatic heterocycles. The summed E-state index contributed by atoms with van der Waals surface area (Å²) in [5.41, 5.74) is 0.107. The monoisotopic (exact) mass is 344 g/mol. The summed E-state index contributed by atoms with van der Waals surface area (Å²) in [6.07, 6.45) is 0.609. The van der Waals surface area contributed by atoms with E-state index in [2.05, 4.69) is 53.8 Å². The molecule has 2 rings (SSSR count). The fraction of sp³-hybridized carbons (Fsp3) is 0.733. The quantitative estimate of drug-likeness (QED) is 0.890. The molecule has 20 heavy (non-hydrogen) atoms. The predicted molar refractivity (Wildman–Crippen MR) is 83.8 cm³/mol. The minimum absolute atomic E-state index is 0.107. The number of nitrogens with zero attached hydrogens (tertiary/aromatic N) is 1. The number of rotatable bonds is 5. The van der Waals surface area contributed by atoms with Crippen molar-refractivity contribution in [2.24, 2.45) is 0 Å². The van der Waals surface area contributed by atoms with Crippen molar-refractivity contribution in [2.75, 3.05) is 19.6 Å². The summed E-state index contributed by atoms with van der Waals surface area (Å²) in [5, 5.41) is 3.49. The average molecular weight is 345 g/mol. The zero-order valence-corrected chi connectivity index (χ0v) is 14.4. The Balaban J connectivity index is 1.83.